The summed E-state index contributed by atoms with van der Waals surface area (Å²) < 4.78 is 0. The second kappa shape index (κ2) is 3.74. The third kappa shape index (κ3) is 1.94. The van der Waals surface area contributed by atoms with E-state index in [1.54, 1.807) is 12.3 Å². The molecule has 0 aliphatic carbocycles. The maximum absolute atomic E-state index is 9.42. The highest BCUT2D eigenvalue weighted by Gasteiger charge is 2.07. The molecule has 0 aliphatic rings. The molecule has 0 bridgehead atoms. The summed E-state index contributed by atoms with van der Waals surface area (Å²) in [7, 11) is 0. The average molecular weight is 169 g/mol. The number of rotatable bonds is 2. The smallest absolute Gasteiger partial charge is 0.0987 e. The summed E-state index contributed by atoms with van der Waals surface area (Å²) in [5.74, 6) is 0. The molecule has 2 nitrogen and oxygen atoms in total. The van der Waals surface area contributed by atoms with Crippen LogP contribution >= 0.6 is 12.6 Å². The van der Waals surface area contributed by atoms with Gasteiger partial charge in [-0.15, -0.1) is 12.6 Å². The van der Waals surface area contributed by atoms with Crippen LogP contribution in [0.4, 0.5) is 0 Å². The highest BCUT2D eigenvalue weighted by atomic mass is 32.1. The van der Waals surface area contributed by atoms with Gasteiger partial charge in [-0.3, -0.25) is 0 Å². The van der Waals surface area contributed by atoms with E-state index in [-0.39, 0.29) is 0 Å². The Kier molecular flexibility index (Phi) is 2.91. The molecule has 60 valence electrons. The summed E-state index contributed by atoms with van der Waals surface area (Å²) in [4.78, 5) is 3.95. The summed E-state index contributed by atoms with van der Waals surface area (Å²) in [6, 6.07) is 3.64. The molecule has 0 aliphatic heterocycles. The van der Waals surface area contributed by atoms with Crippen LogP contribution in [0.25, 0.3) is 0 Å². The lowest BCUT2D eigenvalue weighted by atomic mass is 10.1. The zero-order valence-corrected chi connectivity index (χ0v) is 7.25. The van der Waals surface area contributed by atoms with Gasteiger partial charge in [0.05, 0.1) is 11.1 Å². The van der Waals surface area contributed by atoms with Crippen LogP contribution in [0, 0.1) is 0 Å². The maximum atomic E-state index is 9.42. The predicted molar refractivity (Wildman–Crippen MR) is 46.7 cm³/mol. The molecule has 1 aromatic heterocycles. The van der Waals surface area contributed by atoms with Gasteiger partial charge < -0.3 is 5.11 Å². The van der Waals surface area contributed by atoms with Crippen molar-refractivity contribution < 1.29 is 5.11 Å². The molecular formula is C8H11NOS. The molecule has 0 radical (unpaired) electrons. The number of aliphatic hydroxyl groups excluding tert-OH is 1. The van der Waals surface area contributed by atoms with Crippen LogP contribution in [0.3, 0.4) is 0 Å². The highest BCUT2D eigenvalue weighted by molar-refractivity contribution is 7.80. The van der Waals surface area contributed by atoms with E-state index in [0.717, 1.165) is 5.56 Å². The van der Waals surface area contributed by atoms with Crippen molar-refractivity contribution in [1.29, 1.82) is 0 Å². The number of hydrogen-bond donors (Lipinski definition) is 2. The Morgan fingerprint density at radius 2 is 2.45 bits per heavy atom. The summed E-state index contributed by atoms with van der Waals surface area (Å²) in [6.07, 6.45) is 1.92. The van der Waals surface area contributed by atoms with Gasteiger partial charge in [-0.05, 0) is 12.5 Å². The van der Waals surface area contributed by atoms with Crippen LogP contribution in [0.2, 0.25) is 0 Å². The summed E-state index contributed by atoms with van der Waals surface area (Å²) >= 11 is 4.12. The molecular weight excluding hydrogens is 158 g/mol. The van der Waals surface area contributed by atoms with Crippen LogP contribution in [0.15, 0.2) is 23.4 Å². The van der Waals surface area contributed by atoms with Crippen molar-refractivity contribution in [3.63, 3.8) is 0 Å². The van der Waals surface area contributed by atoms with Gasteiger partial charge in [-0.2, -0.15) is 0 Å². The summed E-state index contributed by atoms with van der Waals surface area (Å²) in [6.45, 7) is 1.92. The summed E-state index contributed by atoms with van der Waals surface area (Å²) in [5, 5.41) is 10.0. The molecule has 1 heterocycles. The normalized spacial score (nSPS) is 13.0. The van der Waals surface area contributed by atoms with Gasteiger partial charge in [0.25, 0.3) is 0 Å². The van der Waals surface area contributed by atoms with Crippen molar-refractivity contribution >= 4 is 12.6 Å². The first-order valence-corrected chi connectivity index (χ1v) is 4.02. The molecule has 0 fully saturated rings. The van der Waals surface area contributed by atoms with Crippen molar-refractivity contribution in [3.05, 3.63) is 23.9 Å². The first kappa shape index (κ1) is 8.56. The molecule has 0 saturated heterocycles. The van der Waals surface area contributed by atoms with Crippen LogP contribution in [0.1, 0.15) is 25.0 Å². The molecule has 0 amide bonds. The number of thiol groups is 1. The van der Waals surface area contributed by atoms with Crippen molar-refractivity contribution in [3.8, 4) is 0 Å². The predicted octanol–water partition coefficient (Wildman–Crippen LogP) is 1.81. The largest absolute Gasteiger partial charge is 0.388 e. The third-order valence-electron chi connectivity index (χ3n) is 1.56. The molecule has 0 aromatic carbocycles. The van der Waals surface area contributed by atoms with Crippen molar-refractivity contribution in [2.45, 2.75) is 24.5 Å². The fraction of sp³-hybridized carbons (Fsp3) is 0.375. The standard InChI is InChI=1S/C8H11NOS/c1-2-7(10)6-4-3-5-9-8(6)11/h3-5,7,10H,2H2,1H3,(H,9,11). The van der Waals surface area contributed by atoms with Crippen molar-refractivity contribution in [2.24, 2.45) is 0 Å². The second-order valence-electron chi connectivity index (χ2n) is 2.34. The Bertz CT molecular complexity index is 239. The molecule has 1 rings (SSSR count). The molecule has 3 heteroatoms. The molecule has 1 unspecified atom stereocenters. The molecule has 11 heavy (non-hydrogen) atoms. The minimum atomic E-state index is -0.434. The maximum Gasteiger partial charge on any atom is 0.0987 e. The first-order valence-electron chi connectivity index (χ1n) is 3.57. The zero-order chi connectivity index (χ0) is 8.27. The molecule has 0 spiro atoms. The minimum Gasteiger partial charge on any atom is -0.388 e. The second-order valence-corrected chi connectivity index (χ2v) is 2.76. The number of pyridine rings is 1. The van der Waals surface area contributed by atoms with Gasteiger partial charge in [0.1, 0.15) is 0 Å². The number of hydrogen-bond acceptors (Lipinski definition) is 3. The van der Waals surface area contributed by atoms with E-state index in [0.29, 0.717) is 11.4 Å². The van der Waals surface area contributed by atoms with Gasteiger partial charge in [0.15, 0.2) is 0 Å². The average Bonchev–Trinajstić information content (AvgIpc) is 2.04. The van der Waals surface area contributed by atoms with E-state index in [9.17, 15) is 5.11 Å². The Morgan fingerprint density at radius 1 is 1.73 bits per heavy atom. The van der Waals surface area contributed by atoms with Gasteiger partial charge in [0, 0.05) is 11.8 Å². The topological polar surface area (TPSA) is 33.1 Å². The first-order chi connectivity index (χ1) is 5.25. The van der Waals surface area contributed by atoms with E-state index in [1.807, 2.05) is 13.0 Å². The fourth-order valence-electron chi connectivity index (χ4n) is 0.889. The van der Waals surface area contributed by atoms with E-state index in [2.05, 4.69) is 17.6 Å². The summed E-state index contributed by atoms with van der Waals surface area (Å²) in [5.41, 5.74) is 0.804. The lowest BCUT2D eigenvalue weighted by molar-refractivity contribution is 0.170. The quantitative estimate of drug-likeness (QED) is 0.662. The van der Waals surface area contributed by atoms with E-state index < -0.39 is 6.10 Å². The number of aliphatic hydroxyl groups is 1. The Balaban J connectivity index is 2.93. The molecule has 0 saturated carbocycles. The van der Waals surface area contributed by atoms with Crippen LogP contribution in [-0.4, -0.2) is 10.1 Å². The van der Waals surface area contributed by atoms with Crippen molar-refractivity contribution in [2.75, 3.05) is 0 Å². The SMILES string of the molecule is CCC(O)c1cccnc1S. The lowest BCUT2D eigenvalue weighted by Gasteiger charge is -2.08. The van der Waals surface area contributed by atoms with Gasteiger partial charge in [-0.25, -0.2) is 4.98 Å². The fourth-order valence-corrected chi connectivity index (χ4v) is 1.18. The van der Waals surface area contributed by atoms with E-state index in [4.69, 9.17) is 0 Å². The third-order valence-corrected chi connectivity index (χ3v) is 1.94. The highest BCUT2D eigenvalue weighted by Crippen LogP contribution is 2.20. The molecule has 1 aromatic rings. The van der Waals surface area contributed by atoms with E-state index in [1.165, 1.54) is 0 Å². The Hall–Kier alpha value is -0.540. The van der Waals surface area contributed by atoms with Crippen LogP contribution in [-0.2, 0) is 0 Å². The molecule has 1 N–H and O–H groups in total. The Morgan fingerprint density at radius 3 is 3.00 bits per heavy atom. The van der Waals surface area contributed by atoms with E-state index >= 15 is 0 Å². The van der Waals surface area contributed by atoms with Crippen LogP contribution < -0.4 is 0 Å². The lowest BCUT2D eigenvalue weighted by Crippen LogP contribution is -1.97. The van der Waals surface area contributed by atoms with Crippen LogP contribution in [0.5, 0.6) is 0 Å². The monoisotopic (exact) mass is 169 g/mol. The van der Waals surface area contributed by atoms with Gasteiger partial charge in [-0.1, -0.05) is 13.0 Å². The number of nitrogens with zero attached hydrogens (tertiary/aromatic N) is 1. The Labute approximate surface area is 71.7 Å². The van der Waals surface area contributed by atoms with Gasteiger partial charge in [0.2, 0.25) is 0 Å². The number of aromatic nitrogens is 1. The van der Waals surface area contributed by atoms with Gasteiger partial charge >= 0.3 is 0 Å². The zero-order valence-electron chi connectivity index (χ0n) is 6.36. The molecule has 1 atom stereocenters. The minimum absolute atomic E-state index is 0.434. The van der Waals surface area contributed by atoms with Crippen molar-refractivity contribution in [1.82, 2.24) is 4.98 Å².